The fourth-order valence-electron chi connectivity index (χ4n) is 3.78. The van der Waals surface area contributed by atoms with E-state index in [4.69, 9.17) is 0 Å². The molecule has 0 bridgehead atoms. The van der Waals surface area contributed by atoms with Crippen molar-refractivity contribution in [3.63, 3.8) is 0 Å². The number of fused-ring (bicyclic) bond motifs is 3. The lowest BCUT2D eigenvalue weighted by atomic mass is 10.1. The van der Waals surface area contributed by atoms with E-state index in [1.54, 1.807) is 0 Å². The Morgan fingerprint density at radius 3 is 2.68 bits per heavy atom. The minimum atomic E-state index is 0.290. The molecule has 0 aliphatic carbocycles. The molecule has 116 valence electrons. The van der Waals surface area contributed by atoms with Gasteiger partial charge in [0.15, 0.2) is 0 Å². The summed E-state index contributed by atoms with van der Waals surface area (Å²) in [5.41, 5.74) is 2.56. The van der Waals surface area contributed by atoms with Gasteiger partial charge in [-0.1, -0.05) is 24.6 Å². The van der Waals surface area contributed by atoms with Gasteiger partial charge in [0.1, 0.15) is 0 Å². The van der Waals surface area contributed by atoms with Gasteiger partial charge < -0.3 is 9.47 Å². The summed E-state index contributed by atoms with van der Waals surface area (Å²) < 4.78 is 2.36. The molecule has 2 aromatic rings. The third-order valence-electron chi connectivity index (χ3n) is 5.00. The second-order valence-corrected chi connectivity index (χ2v) is 6.50. The number of hydrogen-bond acceptors (Lipinski definition) is 2. The standard InChI is InChI=1S/C18H23N3O/c22-18(14-19-8-4-1-5-9-19)20-10-11-21-16(13-20)12-15-6-2-3-7-17(15)21/h2-3,6-7,12H,1,4-5,8-11,13-14H2. The summed E-state index contributed by atoms with van der Waals surface area (Å²) in [7, 11) is 0. The molecule has 0 saturated carbocycles. The van der Waals surface area contributed by atoms with E-state index in [1.807, 2.05) is 4.90 Å². The van der Waals surface area contributed by atoms with Gasteiger partial charge in [0.05, 0.1) is 13.1 Å². The molecule has 0 N–H and O–H groups in total. The molecular formula is C18H23N3O. The largest absolute Gasteiger partial charge is 0.341 e. The van der Waals surface area contributed by atoms with Crippen LogP contribution in [0.1, 0.15) is 25.0 Å². The quantitative estimate of drug-likeness (QED) is 0.852. The zero-order valence-corrected chi connectivity index (χ0v) is 13.0. The van der Waals surface area contributed by atoms with Crippen molar-refractivity contribution in [1.82, 2.24) is 14.4 Å². The van der Waals surface area contributed by atoms with Crippen molar-refractivity contribution < 1.29 is 4.79 Å². The Balaban J connectivity index is 1.48. The number of aromatic nitrogens is 1. The highest BCUT2D eigenvalue weighted by atomic mass is 16.2. The minimum Gasteiger partial charge on any atom is -0.341 e. The first-order valence-corrected chi connectivity index (χ1v) is 8.38. The van der Waals surface area contributed by atoms with Crippen LogP contribution in [0.5, 0.6) is 0 Å². The van der Waals surface area contributed by atoms with Crippen LogP contribution >= 0.6 is 0 Å². The third kappa shape index (κ3) is 2.52. The molecule has 1 aromatic carbocycles. The smallest absolute Gasteiger partial charge is 0.237 e. The summed E-state index contributed by atoms with van der Waals surface area (Å²) in [6, 6.07) is 10.7. The number of nitrogens with zero attached hydrogens (tertiary/aromatic N) is 3. The lowest BCUT2D eigenvalue weighted by Crippen LogP contribution is -2.45. The maximum atomic E-state index is 12.6. The average Bonchev–Trinajstić information content (AvgIpc) is 2.93. The molecule has 3 heterocycles. The van der Waals surface area contributed by atoms with Crippen molar-refractivity contribution in [2.45, 2.75) is 32.4 Å². The topological polar surface area (TPSA) is 28.5 Å². The van der Waals surface area contributed by atoms with E-state index in [-0.39, 0.29) is 0 Å². The number of benzene rings is 1. The van der Waals surface area contributed by atoms with Gasteiger partial charge in [-0.2, -0.15) is 0 Å². The van der Waals surface area contributed by atoms with Crippen LogP contribution in [0.2, 0.25) is 0 Å². The molecule has 4 nitrogen and oxygen atoms in total. The fraction of sp³-hybridized carbons (Fsp3) is 0.500. The van der Waals surface area contributed by atoms with E-state index in [2.05, 4.69) is 39.8 Å². The summed E-state index contributed by atoms with van der Waals surface area (Å²) in [5, 5.41) is 1.28. The van der Waals surface area contributed by atoms with Crippen LogP contribution in [0.15, 0.2) is 30.3 Å². The SMILES string of the molecule is O=C(CN1CCCCC1)N1CCn2c(cc3ccccc32)C1. The third-order valence-corrected chi connectivity index (χ3v) is 5.00. The van der Waals surface area contributed by atoms with Crippen molar-refractivity contribution >= 4 is 16.8 Å². The molecule has 0 spiro atoms. The van der Waals surface area contributed by atoms with Crippen molar-refractivity contribution in [2.75, 3.05) is 26.2 Å². The van der Waals surface area contributed by atoms with Crippen molar-refractivity contribution in [3.05, 3.63) is 36.0 Å². The normalized spacial score (nSPS) is 19.4. The summed E-state index contributed by atoms with van der Waals surface area (Å²) in [6.07, 6.45) is 3.79. The molecule has 1 fully saturated rings. The van der Waals surface area contributed by atoms with Gasteiger partial charge in [-0.05, 0) is 43.5 Å². The first-order valence-electron chi connectivity index (χ1n) is 8.38. The van der Waals surface area contributed by atoms with E-state index in [1.165, 1.54) is 35.9 Å². The number of para-hydroxylation sites is 1. The zero-order valence-electron chi connectivity index (χ0n) is 13.0. The van der Waals surface area contributed by atoms with Crippen molar-refractivity contribution in [2.24, 2.45) is 0 Å². The van der Waals surface area contributed by atoms with E-state index < -0.39 is 0 Å². The molecule has 4 heteroatoms. The molecule has 1 saturated heterocycles. The van der Waals surface area contributed by atoms with Crippen molar-refractivity contribution in [1.29, 1.82) is 0 Å². The Hall–Kier alpha value is -1.81. The molecule has 1 amide bonds. The van der Waals surface area contributed by atoms with Crippen molar-refractivity contribution in [3.8, 4) is 0 Å². The summed E-state index contributed by atoms with van der Waals surface area (Å²) in [5.74, 6) is 0.290. The van der Waals surface area contributed by atoms with Gasteiger partial charge in [0, 0.05) is 24.3 Å². The molecule has 0 unspecified atom stereocenters. The first kappa shape index (κ1) is 13.8. The lowest BCUT2D eigenvalue weighted by Gasteiger charge is -2.32. The van der Waals surface area contributed by atoms with E-state index >= 15 is 0 Å². The van der Waals surface area contributed by atoms with Gasteiger partial charge in [0.2, 0.25) is 5.91 Å². The van der Waals surface area contributed by atoms with Crippen LogP contribution in [0.3, 0.4) is 0 Å². The Morgan fingerprint density at radius 2 is 1.82 bits per heavy atom. The molecule has 4 rings (SSSR count). The summed E-state index contributed by atoms with van der Waals surface area (Å²) >= 11 is 0. The minimum absolute atomic E-state index is 0.290. The Morgan fingerprint density at radius 1 is 1.00 bits per heavy atom. The summed E-state index contributed by atoms with van der Waals surface area (Å²) in [6.45, 7) is 5.26. The second-order valence-electron chi connectivity index (χ2n) is 6.50. The van der Waals surface area contributed by atoms with E-state index in [9.17, 15) is 4.79 Å². The number of carbonyl (C=O) groups is 1. The predicted molar refractivity (Wildman–Crippen MR) is 87.6 cm³/mol. The van der Waals surface area contributed by atoms with E-state index in [0.29, 0.717) is 12.5 Å². The first-order chi connectivity index (χ1) is 10.8. The van der Waals surface area contributed by atoms with Crippen LogP contribution < -0.4 is 0 Å². The van der Waals surface area contributed by atoms with Gasteiger partial charge in [-0.3, -0.25) is 9.69 Å². The fourth-order valence-corrected chi connectivity index (χ4v) is 3.78. The number of carbonyl (C=O) groups excluding carboxylic acids is 1. The highest BCUT2D eigenvalue weighted by Gasteiger charge is 2.24. The van der Waals surface area contributed by atoms with Gasteiger partial charge in [0.25, 0.3) is 0 Å². The molecule has 2 aliphatic rings. The molecule has 0 radical (unpaired) electrons. The average molecular weight is 297 g/mol. The molecule has 2 aliphatic heterocycles. The molecule has 22 heavy (non-hydrogen) atoms. The molecule has 1 aromatic heterocycles. The number of hydrogen-bond donors (Lipinski definition) is 0. The monoisotopic (exact) mass is 297 g/mol. The van der Waals surface area contributed by atoms with Crippen LogP contribution in [0.4, 0.5) is 0 Å². The Kier molecular flexibility index (Phi) is 3.62. The van der Waals surface area contributed by atoms with Crippen LogP contribution in [-0.2, 0) is 17.9 Å². The summed E-state index contributed by atoms with van der Waals surface area (Å²) in [4.78, 5) is 16.9. The van der Waals surface area contributed by atoms with Gasteiger partial charge >= 0.3 is 0 Å². The van der Waals surface area contributed by atoms with Gasteiger partial charge in [-0.15, -0.1) is 0 Å². The number of amides is 1. The molecule has 0 atom stereocenters. The zero-order chi connectivity index (χ0) is 14.9. The number of piperidine rings is 1. The highest BCUT2D eigenvalue weighted by Crippen LogP contribution is 2.24. The van der Waals surface area contributed by atoms with Gasteiger partial charge in [-0.25, -0.2) is 0 Å². The number of rotatable bonds is 2. The Labute approximate surface area is 131 Å². The van der Waals surface area contributed by atoms with E-state index in [0.717, 1.165) is 32.7 Å². The predicted octanol–water partition coefficient (Wildman–Crippen LogP) is 2.47. The maximum absolute atomic E-state index is 12.6. The Bertz CT molecular complexity index is 685. The van der Waals surface area contributed by atoms with Crippen LogP contribution in [0, 0.1) is 0 Å². The lowest BCUT2D eigenvalue weighted by molar-refractivity contribution is -0.134. The second kappa shape index (κ2) is 5.76. The number of likely N-dealkylation sites (tertiary alicyclic amines) is 1. The molecular weight excluding hydrogens is 274 g/mol. The van der Waals surface area contributed by atoms with Crippen LogP contribution in [0.25, 0.3) is 10.9 Å². The van der Waals surface area contributed by atoms with Crippen LogP contribution in [-0.4, -0.2) is 46.5 Å². The highest BCUT2D eigenvalue weighted by molar-refractivity contribution is 5.82. The maximum Gasteiger partial charge on any atom is 0.237 e.